The summed E-state index contributed by atoms with van der Waals surface area (Å²) >= 11 is 6.11. The van der Waals surface area contributed by atoms with E-state index in [9.17, 15) is 4.79 Å². The van der Waals surface area contributed by atoms with Crippen LogP contribution in [0.15, 0.2) is 47.3 Å². The Morgan fingerprint density at radius 2 is 2.04 bits per heavy atom. The van der Waals surface area contributed by atoms with E-state index in [4.69, 9.17) is 16.3 Å². The molecule has 1 atom stereocenters. The molecule has 6 heteroatoms. The van der Waals surface area contributed by atoms with Crippen molar-refractivity contribution < 1.29 is 4.74 Å². The van der Waals surface area contributed by atoms with Crippen molar-refractivity contribution in [2.75, 3.05) is 14.2 Å². The summed E-state index contributed by atoms with van der Waals surface area (Å²) in [7, 11) is 3.61. The van der Waals surface area contributed by atoms with Gasteiger partial charge in [-0.2, -0.15) is 0 Å². The van der Waals surface area contributed by atoms with Crippen LogP contribution in [0.5, 0.6) is 5.75 Å². The minimum Gasteiger partial charge on any atom is -0.496 e. The van der Waals surface area contributed by atoms with E-state index in [1.54, 1.807) is 19.2 Å². The first-order valence-electron chi connectivity index (χ1n) is 8.01. The van der Waals surface area contributed by atoms with E-state index in [0.29, 0.717) is 28.3 Å². The van der Waals surface area contributed by atoms with E-state index in [2.05, 4.69) is 14.9 Å². The Kier molecular flexibility index (Phi) is 5.06. The molecule has 0 amide bonds. The largest absolute Gasteiger partial charge is 0.496 e. The quantitative estimate of drug-likeness (QED) is 0.755. The number of fused-ring (bicyclic) bond motifs is 1. The number of aromatic amines is 1. The topological polar surface area (TPSA) is 58.2 Å². The molecule has 1 N–H and O–H groups in total. The molecule has 0 aliphatic heterocycles. The van der Waals surface area contributed by atoms with Crippen molar-refractivity contribution in [3.8, 4) is 5.75 Å². The van der Waals surface area contributed by atoms with Crippen molar-refractivity contribution in [2.45, 2.75) is 19.5 Å². The third-order valence-electron chi connectivity index (χ3n) is 4.35. The zero-order valence-electron chi connectivity index (χ0n) is 14.4. The van der Waals surface area contributed by atoms with Gasteiger partial charge in [0.2, 0.25) is 0 Å². The van der Waals surface area contributed by atoms with Crippen molar-refractivity contribution in [1.82, 2.24) is 14.9 Å². The Morgan fingerprint density at radius 1 is 1.28 bits per heavy atom. The maximum absolute atomic E-state index is 12.3. The third kappa shape index (κ3) is 3.67. The number of hydrogen-bond acceptors (Lipinski definition) is 4. The average molecular weight is 358 g/mol. The molecule has 0 bridgehead atoms. The monoisotopic (exact) mass is 357 g/mol. The highest BCUT2D eigenvalue weighted by atomic mass is 35.5. The summed E-state index contributed by atoms with van der Waals surface area (Å²) in [5, 5.41) is 1.26. The van der Waals surface area contributed by atoms with Gasteiger partial charge in [-0.05, 0) is 44.3 Å². The van der Waals surface area contributed by atoms with Crippen LogP contribution in [0.3, 0.4) is 0 Å². The maximum Gasteiger partial charge on any atom is 0.258 e. The number of halogens is 1. The SMILES string of the molecule is COc1ccc(Cl)cc1CN(C)[C@@H](C)c1nc2ccccc2c(=O)[nH]1. The number of nitrogens with zero attached hydrogens (tertiary/aromatic N) is 2. The van der Waals surface area contributed by atoms with Crippen LogP contribution in [-0.4, -0.2) is 29.0 Å². The van der Waals surface area contributed by atoms with E-state index in [1.807, 2.05) is 44.3 Å². The van der Waals surface area contributed by atoms with Crippen molar-refractivity contribution >= 4 is 22.5 Å². The first-order valence-corrected chi connectivity index (χ1v) is 8.39. The molecule has 25 heavy (non-hydrogen) atoms. The highest BCUT2D eigenvalue weighted by Crippen LogP contribution is 2.26. The fraction of sp³-hybridized carbons (Fsp3) is 0.263. The molecule has 0 saturated carbocycles. The van der Waals surface area contributed by atoms with Crippen molar-refractivity contribution in [2.24, 2.45) is 0 Å². The molecular formula is C19H20ClN3O2. The van der Waals surface area contributed by atoms with Gasteiger partial charge in [0.15, 0.2) is 0 Å². The van der Waals surface area contributed by atoms with Crippen LogP contribution in [0.2, 0.25) is 5.02 Å². The summed E-state index contributed by atoms with van der Waals surface area (Å²) in [5.41, 5.74) is 1.55. The van der Waals surface area contributed by atoms with Crippen LogP contribution in [0.25, 0.3) is 10.9 Å². The maximum atomic E-state index is 12.3. The molecule has 0 spiro atoms. The second-order valence-electron chi connectivity index (χ2n) is 6.02. The lowest BCUT2D eigenvalue weighted by atomic mass is 10.1. The Bertz CT molecular complexity index is 955. The summed E-state index contributed by atoms with van der Waals surface area (Å²) in [6, 6.07) is 12.8. The zero-order chi connectivity index (χ0) is 18.0. The molecule has 130 valence electrons. The average Bonchev–Trinajstić information content (AvgIpc) is 2.61. The molecule has 0 unspecified atom stereocenters. The normalized spacial score (nSPS) is 12.5. The molecule has 3 rings (SSSR count). The molecule has 1 aromatic heterocycles. The molecule has 3 aromatic rings. The number of rotatable bonds is 5. The van der Waals surface area contributed by atoms with Gasteiger partial charge in [-0.1, -0.05) is 23.7 Å². The summed E-state index contributed by atoms with van der Waals surface area (Å²) in [6.45, 7) is 2.62. The van der Waals surface area contributed by atoms with Crippen molar-refractivity contribution in [3.63, 3.8) is 0 Å². The Balaban J connectivity index is 1.89. The van der Waals surface area contributed by atoms with E-state index in [-0.39, 0.29) is 11.6 Å². The van der Waals surface area contributed by atoms with Gasteiger partial charge in [-0.25, -0.2) is 4.98 Å². The Morgan fingerprint density at radius 3 is 2.80 bits per heavy atom. The number of hydrogen-bond donors (Lipinski definition) is 1. The number of nitrogens with one attached hydrogen (secondary N) is 1. The zero-order valence-corrected chi connectivity index (χ0v) is 15.2. The fourth-order valence-corrected chi connectivity index (χ4v) is 2.98. The lowest BCUT2D eigenvalue weighted by Gasteiger charge is -2.25. The van der Waals surface area contributed by atoms with E-state index in [1.165, 1.54) is 0 Å². The number of aromatic nitrogens is 2. The minimum atomic E-state index is -0.124. The number of benzene rings is 2. The second-order valence-corrected chi connectivity index (χ2v) is 6.45. The van der Waals surface area contributed by atoms with Gasteiger partial charge >= 0.3 is 0 Å². The van der Waals surface area contributed by atoms with Crippen LogP contribution in [0.1, 0.15) is 24.4 Å². The standard InChI is InChI=1S/C19H20ClN3O2/c1-12(18-21-16-7-5-4-6-15(16)19(24)22-18)23(2)11-13-10-14(20)8-9-17(13)25-3/h4-10,12H,11H2,1-3H3,(H,21,22,24)/t12-/m0/s1. The minimum absolute atomic E-state index is 0.0824. The molecule has 0 fully saturated rings. The van der Waals surface area contributed by atoms with Crippen molar-refractivity contribution in [3.05, 3.63) is 69.2 Å². The summed E-state index contributed by atoms with van der Waals surface area (Å²) in [6.07, 6.45) is 0. The first kappa shape index (κ1) is 17.5. The van der Waals surface area contributed by atoms with Crippen LogP contribution < -0.4 is 10.3 Å². The molecular weight excluding hydrogens is 338 g/mol. The van der Waals surface area contributed by atoms with Gasteiger partial charge < -0.3 is 9.72 Å². The number of methoxy groups -OCH3 is 1. The fourth-order valence-electron chi connectivity index (χ4n) is 2.79. The van der Waals surface area contributed by atoms with Crippen LogP contribution in [-0.2, 0) is 6.54 Å². The number of H-pyrrole nitrogens is 1. The third-order valence-corrected chi connectivity index (χ3v) is 4.59. The molecule has 0 radical (unpaired) electrons. The van der Waals surface area contributed by atoms with Gasteiger partial charge in [-0.15, -0.1) is 0 Å². The van der Waals surface area contributed by atoms with Gasteiger partial charge in [0, 0.05) is 17.1 Å². The molecule has 0 aliphatic carbocycles. The predicted octanol–water partition coefficient (Wildman–Crippen LogP) is 3.78. The molecule has 0 saturated heterocycles. The highest BCUT2D eigenvalue weighted by Gasteiger charge is 2.17. The summed E-state index contributed by atoms with van der Waals surface area (Å²) in [5.74, 6) is 1.41. The molecule has 1 heterocycles. The number of para-hydroxylation sites is 1. The van der Waals surface area contributed by atoms with Crippen LogP contribution in [0, 0.1) is 0 Å². The molecule has 2 aromatic carbocycles. The first-order chi connectivity index (χ1) is 12.0. The van der Waals surface area contributed by atoms with Gasteiger partial charge in [0.1, 0.15) is 11.6 Å². The predicted molar refractivity (Wildman–Crippen MR) is 100 cm³/mol. The van der Waals surface area contributed by atoms with Gasteiger partial charge in [0.05, 0.1) is 24.1 Å². The lowest BCUT2D eigenvalue weighted by molar-refractivity contribution is 0.240. The highest BCUT2D eigenvalue weighted by molar-refractivity contribution is 6.30. The Hall–Kier alpha value is -2.37. The summed E-state index contributed by atoms with van der Waals surface area (Å²) in [4.78, 5) is 21.9. The van der Waals surface area contributed by atoms with Crippen LogP contribution >= 0.6 is 11.6 Å². The second kappa shape index (κ2) is 7.25. The van der Waals surface area contributed by atoms with Gasteiger partial charge in [0.25, 0.3) is 5.56 Å². The molecule has 5 nitrogen and oxygen atoms in total. The lowest BCUT2D eigenvalue weighted by Crippen LogP contribution is -2.26. The van der Waals surface area contributed by atoms with E-state index >= 15 is 0 Å². The number of ether oxygens (including phenoxy) is 1. The molecule has 0 aliphatic rings. The van der Waals surface area contributed by atoms with Crippen LogP contribution in [0.4, 0.5) is 0 Å². The van der Waals surface area contributed by atoms with E-state index in [0.717, 1.165) is 11.3 Å². The van der Waals surface area contributed by atoms with Crippen molar-refractivity contribution in [1.29, 1.82) is 0 Å². The smallest absolute Gasteiger partial charge is 0.258 e. The van der Waals surface area contributed by atoms with Gasteiger partial charge in [-0.3, -0.25) is 9.69 Å². The van der Waals surface area contributed by atoms with E-state index < -0.39 is 0 Å². The Labute approximate surface area is 151 Å². The summed E-state index contributed by atoms with van der Waals surface area (Å²) < 4.78 is 5.40.